The molecular weight excluding hydrogens is 555 g/mol. The number of halogens is 1. The van der Waals surface area contributed by atoms with Gasteiger partial charge in [0.05, 0.1) is 0 Å². The highest BCUT2D eigenvalue weighted by molar-refractivity contribution is 6.07. The van der Waals surface area contributed by atoms with Gasteiger partial charge in [-0.1, -0.05) is 55.8 Å². The van der Waals surface area contributed by atoms with Gasteiger partial charge in [0.2, 0.25) is 0 Å². The van der Waals surface area contributed by atoms with E-state index in [9.17, 15) is 4.39 Å². The molecule has 0 spiro atoms. The van der Waals surface area contributed by atoms with Gasteiger partial charge in [0.15, 0.2) is 0 Å². The lowest BCUT2D eigenvalue weighted by Gasteiger charge is -2.28. The topological polar surface area (TPSA) is 19.6 Å². The van der Waals surface area contributed by atoms with Gasteiger partial charge in [0, 0.05) is 51.7 Å². The SMILES string of the molecule is Cc1ccc2oc3ccc(N(c4ccccc4)c4ccc5c(c4)C(C)(C)c4cc(N(C)c6ccc(F)cc6)ccc4-5)cc3c2c1. The largest absolute Gasteiger partial charge is 0.456 e. The van der Waals surface area contributed by atoms with Crippen molar-refractivity contribution in [2.24, 2.45) is 0 Å². The molecule has 220 valence electrons. The molecular formula is C41H33FN2O. The highest BCUT2D eigenvalue weighted by Crippen LogP contribution is 2.52. The fourth-order valence-electron chi connectivity index (χ4n) is 6.92. The molecule has 0 amide bonds. The molecule has 8 rings (SSSR count). The first-order chi connectivity index (χ1) is 21.8. The van der Waals surface area contributed by atoms with Crippen LogP contribution in [-0.4, -0.2) is 7.05 Å². The van der Waals surface area contributed by atoms with Gasteiger partial charge in [-0.3, -0.25) is 0 Å². The molecule has 0 fully saturated rings. The van der Waals surface area contributed by atoms with Crippen molar-refractivity contribution in [1.82, 2.24) is 0 Å². The Morgan fingerprint density at radius 3 is 1.82 bits per heavy atom. The molecule has 4 heteroatoms. The summed E-state index contributed by atoms with van der Waals surface area (Å²) in [6.07, 6.45) is 0. The third-order valence-electron chi connectivity index (χ3n) is 9.38. The standard InChI is InChI=1S/C41H33FN2O/c1-26-10-20-39-35(22-26)36-23-31(17-21-40(36)45-39)44(29-8-6-5-7-9-29)32-16-19-34-33-18-15-30(24-37(33)41(2,3)38(34)25-32)43(4)28-13-11-27(42)12-14-28/h5-25H,1-4H3. The Morgan fingerprint density at radius 1 is 0.556 bits per heavy atom. The van der Waals surface area contributed by atoms with Crippen molar-refractivity contribution in [3.63, 3.8) is 0 Å². The van der Waals surface area contributed by atoms with Crippen LogP contribution in [0.5, 0.6) is 0 Å². The third-order valence-corrected chi connectivity index (χ3v) is 9.38. The molecule has 1 heterocycles. The molecule has 0 atom stereocenters. The molecule has 0 bridgehead atoms. The van der Waals surface area contributed by atoms with Crippen molar-refractivity contribution in [2.45, 2.75) is 26.2 Å². The minimum absolute atomic E-state index is 0.217. The number of hydrogen-bond acceptors (Lipinski definition) is 3. The minimum Gasteiger partial charge on any atom is -0.456 e. The fraction of sp³-hybridized carbons (Fsp3) is 0.122. The Kier molecular flexibility index (Phi) is 6.11. The van der Waals surface area contributed by atoms with Gasteiger partial charge in [-0.05, 0) is 120 Å². The average Bonchev–Trinajstić information content (AvgIpc) is 3.52. The average molecular weight is 589 g/mol. The van der Waals surface area contributed by atoms with Crippen molar-refractivity contribution in [3.8, 4) is 11.1 Å². The summed E-state index contributed by atoms with van der Waals surface area (Å²) in [5.74, 6) is -0.230. The van der Waals surface area contributed by atoms with Crippen LogP contribution < -0.4 is 9.80 Å². The molecule has 3 nitrogen and oxygen atoms in total. The summed E-state index contributed by atoms with van der Waals surface area (Å²) in [6, 6.07) is 43.6. The number of nitrogens with zero attached hydrogens (tertiary/aromatic N) is 2. The Hall–Kier alpha value is -5.35. The van der Waals surface area contributed by atoms with Crippen LogP contribution in [0.4, 0.5) is 32.8 Å². The summed E-state index contributed by atoms with van der Waals surface area (Å²) < 4.78 is 19.8. The van der Waals surface area contributed by atoms with Crippen LogP contribution in [0.3, 0.4) is 0 Å². The zero-order valence-electron chi connectivity index (χ0n) is 25.8. The van der Waals surface area contributed by atoms with E-state index in [0.717, 1.165) is 50.4 Å². The maximum atomic E-state index is 13.6. The zero-order chi connectivity index (χ0) is 30.9. The number of furan rings is 1. The molecule has 1 aromatic heterocycles. The summed E-state index contributed by atoms with van der Waals surface area (Å²) in [6.45, 7) is 6.73. The molecule has 0 radical (unpaired) electrons. The Morgan fingerprint density at radius 2 is 1.11 bits per heavy atom. The van der Waals surface area contributed by atoms with Crippen LogP contribution in [0, 0.1) is 12.7 Å². The first-order valence-corrected chi connectivity index (χ1v) is 15.3. The normalized spacial score (nSPS) is 13.2. The smallest absolute Gasteiger partial charge is 0.135 e. The Bertz CT molecular complexity index is 2230. The number of aryl methyl sites for hydroxylation is 1. The van der Waals surface area contributed by atoms with Gasteiger partial charge in [-0.2, -0.15) is 0 Å². The van der Waals surface area contributed by atoms with E-state index >= 15 is 0 Å². The van der Waals surface area contributed by atoms with Gasteiger partial charge < -0.3 is 14.2 Å². The summed E-state index contributed by atoms with van der Waals surface area (Å²) in [5, 5.41) is 2.24. The Balaban J connectivity index is 1.24. The molecule has 0 saturated heterocycles. The highest BCUT2D eigenvalue weighted by atomic mass is 19.1. The van der Waals surface area contributed by atoms with E-state index in [4.69, 9.17) is 4.42 Å². The maximum Gasteiger partial charge on any atom is 0.135 e. The minimum atomic E-state index is -0.230. The van der Waals surface area contributed by atoms with E-state index in [1.165, 1.54) is 39.9 Å². The highest BCUT2D eigenvalue weighted by Gasteiger charge is 2.36. The van der Waals surface area contributed by atoms with E-state index < -0.39 is 0 Å². The third kappa shape index (κ3) is 4.40. The quantitative estimate of drug-likeness (QED) is 0.199. The first kappa shape index (κ1) is 27.2. The number of fused-ring (bicyclic) bond motifs is 6. The van der Waals surface area contributed by atoms with E-state index in [1.54, 1.807) is 0 Å². The van der Waals surface area contributed by atoms with E-state index in [-0.39, 0.29) is 11.2 Å². The van der Waals surface area contributed by atoms with Crippen LogP contribution in [0.15, 0.2) is 132 Å². The zero-order valence-corrected chi connectivity index (χ0v) is 25.8. The number of anilines is 5. The summed E-state index contributed by atoms with van der Waals surface area (Å²) in [5.41, 5.74) is 13.2. The molecule has 1 aliphatic carbocycles. The van der Waals surface area contributed by atoms with Crippen molar-refractivity contribution < 1.29 is 8.81 Å². The molecule has 6 aromatic carbocycles. The van der Waals surface area contributed by atoms with Crippen LogP contribution >= 0.6 is 0 Å². The van der Waals surface area contributed by atoms with Gasteiger partial charge in [0.25, 0.3) is 0 Å². The lowest BCUT2D eigenvalue weighted by molar-refractivity contribution is 0.628. The predicted octanol–water partition coefficient (Wildman–Crippen LogP) is 11.6. The van der Waals surface area contributed by atoms with Gasteiger partial charge in [0.1, 0.15) is 17.0 Å². The van der Waals surface area contributed by atoms with Crippen LogP contribution in [0.25, 0.3) is 33.1 Å². The maximum absolute atomic E-state index is 13.6. The van der Waals surface area contributed by atoms with Crippen molar-refractivity contribution in [3.05, 3.63) is 150 Å². The second-order valence-corrected chi connectivity index (χ2v) is 12.6. The van der Waals surface area contributed by atoms with Gasteiger partial charge in [-0.25, -0.2) is 4.39 Å². The fourth-order valence-corrected chi connectivity index (χ4v) is 6.92. The second-order valence-electron chi connectivity index (χ2n) is 12.6. The lowest BCUT2D eigenvalue weighted by atomic mass is 9.82. The molecule has 0 saturated carbocycles. The number of para-hydroxylation sites is 1. The summed E-state index contributed by atoms with van der Waals surface area (Å²) in [7, 11) is 2.03. The first-order valence-electron chi connectivity index (χ1n) is 15.3. The van der Waals surface area contributed by atoms with Crippen LogP contribution in [0.1, 0.15) is 30.5 Å². The molecule has 7 aromatic rings. The summed E-state index contributed by atoms with van der Waals surface area (Å²) >= 11 is 0. The molecule has 45 heavy (non-hydrogen) atoms. The monoisotopic (exact) mass is 588 g/mol. The van der Waals surface area contributed by atoms with Crippen molar-refractivity contribution >= 4 is 50.4 Å². The lowest BCUT2D eigenvalue weighted by Crippen LogP contribution is -2.17. The van der Waals surface area contributed by atoms with Gasteiger partial charge in [-0.15, -0.1) is 0 Å². The van der Waals surface area contributed by atoms with E-state index in [0.29, 0.717) is 0 Å². The molecule has 0 unspecified atom stereocenters. The van der Waals surface area contributed by atoms with E-state index in [2.05, 4.69) is 134 Å². The van der Waals surface area contributed by atoms with Crippen molar-refractivity contribution in [2.75, 3.05) is 16.8 Å². The number of rotatable bonds is 5. The molecule has 1 aliphatic rings. The second kappa shape index (κ2) is 10.1. The number of hydrogen-bond donors (Lipinski definition) is 0. The van der Waals surface area contributed by atoms with Crippen LogP contribution in [0.2, 0.25) is 0 Å². The molecule has 0 aliphatic heterocycles. The van der Waals surface area contributed by atoms with Crippen LogP contribution in [-0.2, 0) is 5.41 Å². The summed E-state index contributed by atoms with van der Waals surface area (Å²) in [4.78, 5) is 4.44. The van der Waals surface area contributed by atoms with Gasteiger partial charge >= 0.3 is 0 Å². The predicted molar refractivity (Wildman–Crippen MR) is 185 cm³/mol. The van der Waals surface area contributed by atoms with E-state index in [1.807, 2.05) is 19.2 Å². The Labute approximate surface area is 262 Å². The molecule has 0 N–H and O–H groups in total. The van der Waals surface area contributed by atoms with Crippen molar-refractivity contribution in [1.29, 1.82) is 0 Å². The number of benzene rings is 6.